The van der Waals surface area contributed by atoms with Crippen LogP contribution in [0.5, 0.6) is 0 Å². The van der Waals surface area contributed by atoms with Gasteiger partial charge in [-0.1, -0.05) is 13.8 Å². The van der Waals surface area contributed by atoms with Crippen molar-refractivity contribution in [3.05, 3.63) is 0 Å². The van der Waals surface area contributed by atoms with Crippen LogP contribution in [0.1, 0.15) is 27.2 Å². The van der Waals surface area contributed by atoms with Gasteiger partial charge >= 0.3 is 5.97 Å². The molecule has 9 nitrogen and oxygen atoms in total. The number of hydrogen-bond acceptors (Lipinski definition) is 7. The third-order valence-corrected chi connectivity index (χ3v) is 4.18. The van der Waals surface area contributed by atoms with Gasteiger partial charge in [-0.25, -0.2) is 4.79 Å². The molecule has 0 aliphatic carbocycles. The molecule has 0 saturated carbocycles. The highest BCUT2D eigenvalue weighted by atomic mass is 32.1. The van der Waals surface area contributed by atoms with Crippen molar-refractivity contribution in [1.29, 1.82) is 0 Å². The summed E-state index contributed by atoms with van der Waals surface area (Å²) in [4.78, 5) is 47.4. The molecule has 4 atom stereocenters. The van der Waals surface area contributed by atoms with Crippen LogP contribution in [0.3, 0.4) is 0 Å². The highest BCUT2D eigenvalue weighted by Crippen LogP contribution is 2.06. The fraction of sp³-hybridized carbons (Fsp3) is 0.733. The van der Waals surface area contributed by atoms with Gasteiger partial charge in [0.25, 0.3) is 0 Å². The maximum absolute atomic E-state index is 12.3. The lowest BCUT2D eigenvalue weighted by Crippen LogP contribution is -2.57. The van der Waals surface area contributed by atoms with Crippen molar-refractivity contribution in [2.75, 3.05) is 11.5 Å². The molecule has 0 aliphatic rings. The number of nitrogens with one attached hydrogen (secondary N) is 3. The van der Waals surface area contributed by atoms with Gasteiger partial charge in [0, 0.05) is 11.5 Å². The fourth-order valence-electron chi connectivity index (χ4n) is 1.93. The minimum Gasteiger partial charge on any atom is -0.480 e. The maximum atomic E-state index is 12.3. The predicted molar refractivity (Wildman–Crippen MR) is 104 cm³/mol. The molecule has 4 unspecified atom stereocenters. The normalized spacial score (nSPS) is 15.5. The Balaban J connectivity index is 4.98. The quantitative estimate of drug-likeness (QED) is 0.213. The van der Waals surface area contributed by atoms with Gasteiger partial charge < -0.3 is 26.8 Å². The van der Waals surface area contributed by atoms with E-state index < -0.39 is 47.9 Å². The first-order valence-electron chi connectivity index (χ1n) is 8.14. The van der Waals surface area contributed by atoms with Crippen LogP contribution in [0.4, 0.5) is 0 Å². The van der Waals surface area contributed by atoms with Gasteiger partial charge in [-0.15, -0.1) is 0 Å². The van der Waals surface area contributed by atoms with Gasteiger partial charge in [0.15, 0.2) is 0 Å². The van der Waals surface area contributed by atoms with Gasteiger partial charge in [-0.2, -0.15) is 25.3 Å². The van der Waals surface area contributed by atoms with E-state index in [1.807, 2.05) is 13.8 Å². The van der Waals surface area contributed by atoms with Crippen molar-refractivity contribution in [1.82, 2.24) is 16.0 Å². The van der Waals surface area contributed by atoms with E-state index in [1.165, 1.54) is 6.92 Å². The second-order valence-corrected chi connectivity index (χ2v) is 7.02. The summed E-state index contributed by atoms with van der Waals surface area (Å²) in [5.41, 5.74) is 5.53. The summed E-state index contributed by atoms with van der Waals surface area (Å²) in [6, 6.07) is -3.88. The number of carbonyl (C=O) groups excluding carboxylic acids is 3. The van der Waals surface area contributed by atoms with Crippen LogP contribution in [-0.2, 0) is 19.2 Å². The minimum absolute atomic E-state index is 0.0628. The third kappa shape index (κ3) is 8.77. The highest BCUT2D eigenvalue weighted by Gasteiger charge is 2.28. The van der Waals surface area contributed by atoms with E-state index in [9.17, 15) is 19.2 Å². The Morgan fingerprint density at radius 2 is 1.42 bits per heavy atom. The van der Waals surface area contributed by atoms with E-state index in [0.29, 0.717) is 6.42 Å². The Kier molecular flexibility index (Phi) is 11.3. The van der Waals surface area contributed by atoms with Crippen molar-refractivity contribution >= 4 is 48.9 Å². The summed E-state index contributed by atoms with van der Waals surface area (Å²) in [6.07, 6.45) is 0.299. The van der Waals surface area contributed by atoms with Crippen LogP contribution < -0.4 is 21.7 Å². The lowest BCUT2D eigenvalue weighted by molar-refractivity contribution is -0.141. The zero-order chi connectivity index (χ0) is 20.4. The Morgan fingerprint density at radius 3 is 1.85 bits per heavy atom. The number of aliphatic carboxylic acids is 1. The number of amides is 3. The Morgan fingerprint density at radius 1 is 0.885 bits per heavy atom. The largest absolute Gasteiger partial charge is 0.480 e. The van der Waals surface area contributed by atoms with Crippen LogP contribution in [0, 0.1) is 5.92 Å². The number of carbonyl (C=O) groups is 4. The molecule has 3 amide bonds. The predicted octanol–water partition coefficient (Wildman–Crippen LogP) is -1.22. The number of carboxylic acid groups (broad SMARTS) is 1. The zero-order valence-electron chi connectivity index (χ0n) is 15.1. The SMILES string of the molecule is CC(C)CC(NC(=O)C(C)NC(=O)C(N)CS)C(=O)NC(CS)C(=O)O. The van der Waals surface area contributed by atoms with Crippen molar-refractivity contribution < 1.29 is 24.3 Å². The van der Waals surface area contributed by atoms with E-state index in [4.69, 9.17) is 10.8 Å². The monoisotopic (exact) mass is 408 g/mol. The Bertz CT molecular complexity index is 518. The van der Waals surface area contributed by atoms with E-state index in [2.05, 4.69) is 41.2 Å². The minimum atomic E-state index is -1.22. The molecular formula is C15H28N4O5S2. The molecular weight excluding hydrogens is 380 g/mol. The molecule has 6 N–H and O–H groups in total. The first kappa shape index (κ1) is 24.5. The molecule has 0 radical (unpaired) electrons. The second-order valence-electron chi connectivity index (χ2n) is 6.29. The lowest BCUT2D eigenvalue weighted by atomic mass is 10.0. The molecule has 0 heterocycles. The molecule has 0 bridgehead atoms. The van der Waals surface area contributed by atoms with Crippen LogP contribution in [0.15, 0.2) is 0 Å². The fourth-order valence-corrected chi connectivity index (χ4v) is 2.34. The summed E-state index contributed by atoms with van der Waals surface area (Å²) in [7, 11) is 0. The molecule has 0 saturated heterocycles. The number of rotatable bonds is 11. The Labute approximate surface area is 164 Å². The summed E-state index contributed by atoms with van der Waals surface area (Å²) in [5.74, 6) is -2.86. The summed E-state index contributed by atoms with van der Waals surface area (Å²) in [6.45, 7) is 5.17. The lowest BCUT2D eigenvalue weighted by Gasteiger charge is -2.24. The molecule has 0 aromatic heterocycles. The first-order chi connectivity index (χ1) is 12.0. The number of nitrogens with two attached hydrogens (primary N) is 1. The topological polar surface area (TPSA) is 151 Å². The molecule has 0 aromatic rings. The van der Waals surface area contributed by atoms with Gasteiger partial charge in [0.05, 0.1) is 6.04 Å². The zero-order valence-corrected chi connectivity index (χ0v) is 16.8. The van der Waals surface area contributed by atoms with Gasteiger partial charge in [0.1, 0.15) is 18.1 Å². The smallest absolute Gasteiger partial charge is 0.327 e. The summed E-state index contributed by atoms with van der Waals surface area (Å²) >= 11 is 7.80. The van der Waals surface area contributed by atoms with Gasteiger partial charge in [0.2, 0.25) is 17.7 Å². The number of thiol groups is 2. The molecule has 26 heavy (non-hydrogen) atoms. The van der Waals surface area contributed by atoms with Crippen molar-refractivity contribution in [3.8, 4) is 0 Å². The average Bonchev–Trinajstić information content (AvgIpc) is 2.56. The summed E-state index contributed by atoms with van der Waals surface area (Å²) in [5, 5.41) is 16.3. The number of carboxylic acids is 1. The van der Waals surface area contributed by atoms with E-state index >= 15 is 0 Å². The maximum Gasteiger partial charge on any atom is 0.327 e. The molecule has 0 spiro atoms. The van der Waals surface area contributed by atoms with Gasteiger partial charge in [-0.05, 0) is 19.3 Å². The highest BCUT2D eigenvalue weighted by molar-refractivity contribution is 7.80. The standard InChI is InChI=1S/C15H28N4O5S2/c1-7(2)4-10(14(22)19-11(6-26)15(23)24)18-12(20)8(3)17-13(21)9(16)5-25/h7-11,25-26H,4-6,16H2,1-3H3,(H,17,21)(H,18,20)(H,19,22)(H,23,24). The van der Waals surface area contributed by atoms with Crippen molar-refractivity contribution in [3.63, 3.8) is 0 Å². The molecule has 150 valence electrons. The van der Waals surface area contributed by atoms with E-state index in [1.54, 1.807) is 0 Å². The van der Waals surface area contributed by atoms with Crippen LogP contribution in [0.2, 0.25) is 0 Å². The van der Waals surface area contributed by atoms with Crippen molar-refractivity contribution in [2.45, 2.75) is 51.4 Å². The second kappa shape index (κ2) is 12.0. The third-order valence-electron chi connectivity index (χ3n) is 3.42. The molecule has 0 aliphatic heterocycles. The van der Waals surface area contributed by atoms with Crippen LogP contribution in [0.25, 0.3) is 0 Å². The average molecular weight is 409 g/mol. The molecule has 0 fully saturated rings. The van der Waals surface area contributed by atoms with Crippen LogP contribution >= 0.6 is 25.3 Å². The molecule has 0 rings (SSSR count). The van der Waals surface area contributed by atoms with E-state index in [0.717, 1.165) is 0 Å². The van der Waals surface area contributed by atoms with Crippen molar-refractivity contribution in [2.24, 2.45) is 11.7 Å². The Hall–Kier alpha value is -1.46. The molecule has 0 aromatic carbocycles. The van der Waals surface area contributed by atoms with Crippen LogP contribution in [-0.4, -0.2) is 64.5 Å². The summed E-state index contributed by atoms with van der Waals surface area (Å²) < 4.78 is 0. The van der Waals surface area contributed by atoms with E-state index in [-0.39, 0.29) is 17.4 Å². The molecule has 11 heteroatoms. The van der Waals surface area contributed by atoms with Gasteiger partial charge in [-0.3, -0.25) is 14.4 Å². The number of hydrogen-bond donors (Lipinski definition) is 7. The first-order valence-corrected chi connectivity index (χ1v) is 9.41.